The number of aromatic nitrogens is 6. The smallest absolute Gasteiger partial charge is 0.272 e. The van der Waals surface area contributed by atoms with Crippen molar-refractivity contribution in [3.05, 3.63) is 93.5 Å². The van der Waals surface area contributed by atoms with Crippen LogP contribution in [0.3, 0.4) is 0 Å². The molecule has 2 aromatic carbocycles. The normalized spacial score (nSPS) is 21.3. The lowest BCUT2D eigenvalue weighted by molar-refractivity contribution is -0.164. The van der Waals surface area contributed by atoms with Crippen LogP contribution in [-0.2, 0) is 31.2 Å². The lowest BCUT2D eigenvalue weighted by Crippen LogP contribution is -2.74. The molecule has 5 aromatic rings. The lowest BCUT2D eigenvalue weighted by Gasteiger charge is -2.63. The number of benzene rings is 2. The van der Waals surface area contributed by atoms with Crippen molar-refractivity contribution >= 4 is 40.7 Å². The molecule has 3 aromatic heterocycles. The first-order valence-corrected chi connectivity index (χ1v) is 25.4. The van der Waals surface area contributed by atoms with Crippen molar-refractivity contribution in [1.29, 1.82) is 5.26 Å². The predicted octanol–water partition coefficient (Wildman–Crippen LogP) is 8.69. The Balaban J connectivity index is 0.745. The third-order valence-corrected chi connectivity index (χ3v) is 16.4. The van der Waals surface area contributed by atoms with Crippen LogP contribution in [0.5, 0.6) is 5.75 Å². The highest BCUT2D eigenvalue weighted by Gasteiger charge is 2.64. The fraction of sp³-hybridized carbons (Fsp3) is 0.528. The number of piperidine rings is 2. The molecule has 0 bridgehead atoms. The zero-order valence-electron chi connectivity index (χ0n) is 41.5. The Morgan fingerprint density at radius 1 is 0.958 bits per heavy atom. The van der Waals surface area contributed by atoms with Gasteiger partial charge in [-0.05, 0) is 92.0 Å². The number of halogens is 3. The van der Waals surface area contributed by atoms with Gasteiger partial charge in [0.25, 0.3) is 12.3 Å². The number of fused-ring (bicyclic) bond motifs is 2. The number of alkyl halides is 2. The molecule has 0 unspecified atom stereocenters. The minimum atomic E-state index is -2.66. The highest BCUT2D eigenvalue weighted by Crippen LogP contribution is 2.56. The summed E-state index contributed by atoms with van der Waals surface area (Å²) >= 11 is 6.27. The molecule has 4 aliphatic heterocycles. The number of anilines is 3. The summed E-state index contributed by atoms with van der Waals surface area (Å²) in [5, 5.41) is 31.3. The first-order chi connectivity index (χ1) is 34.0. The summed E-state index contributed by atoms with van der Waals surface area (Å²) in [5.41, 5.74) is 5.00. The van der Waals surface area contributed by atoms with Crippen molar-refractivity contribution in [3.63, 3.8) is 0 Å². The number of rotatable bonds is 11. The van der Waals surface area contributed by atoms with Gasteiger partial charge in [0.05, 0.1) is 29.4 Å². The van der Waals surface area contributed by atoms with E-state index in [1.54, 1.807) is 61.4 Å². The van der Waals surface area contributed by atoms with Gasteiger partial charge in [0, 0.05) is 123 Å². The Labute approximate surface area is 419 Å². The molecule has 18 heteroatoms. The molecule has 1 saturated carbocycles. The van der Waals surface area contributed by atoms with Crippen LogP contribution in [-0.4, -0.2) is 109 Å². The van der Waals surface area contributed by atoms with Gasteiger partial charge in [-0.3, -0.25) is 19.0 Å². The van der Waals surface area contributed by atoms with E-state index in [9.17, 15) is 23.6 Å². The second-order valence-corrected chi connectivity index (χ2v) is 21.9. The van der Waals surface area contributed by atoms with Crippen LogP contribution in [0.25, 0.3) is 11.1 Å². The first-order valence-electron chi connectivity index (χ1n) is 25.1. The fourth-order valence-corrected chi connectivity index (χ4v) is 12.8. The standard InChI is InChI=1S/C53H63ClF2N12O3/c1-32(69)66-23-17-44-41(31-66)48(67-18-7-8-34-24-39(36-28-58-63(6)30-36)40(47(55)56)26-45(34)67)62-68(44)37-15-19-64(20-16-37)29-33-13-21-65(22-14-33)46-12-11-43(60-61-46)49(70)59-50-52(2,3)51(53(50,4)5)71-38-10-9-35(27-57)42(54)25-38/h9-12,24-26,28,30,33,37,47,50-51H,7-8,13-23,29,31H2,1-6H3,(H,59,70). The highest BCUT2D eigenvalue weighted by molar-refractivity contribution is 6.31. The van der Waals surface area contributed by atoms with E-state index in [2.05, 4.69) is 73.8 Å². The summed E-state index contributed by atoms with van der Waals surface area (Å²) in [6, 6.07) is 14.4. The zero-order valence-corrected chi connectivity index (χ0v) is 42.2. The number of nitrogens with zero attached hydrogens (tertiary/aromatic N) is 11. The minimum Gasteiger partial charge on any atom is -0.489 e. The maximum absolute atomic E-state index is 14.8. The van der Waals surface area contributed by atoms with Crippen LogP contribution in [0.1, 0.15) is 118 Å². The summed E-state index contributed by atoms with van der Waals surface area (Å²) in [4.78, 5) is 35.1. The summed E-state index contributed by atoms with van der Waals surface area (Å²) in [7, 11) is 1.79. The molecule has 71 heavy (non-hydrogen) atoms. The summed E-state index contributed by atoms with van der Waals surface area (Å²) in [6.45, 7) is 16.3. The van der Waals surface area contributed by atoms with E-state index < -0.39 is 17.3 Å². The number of carbonyl (C=O) groups is 2. The monoisotopic (exact) mass is 988 g/mol. The van der Waals surface area contributed by atoms with Gasteiger partial charge in [0.2, 0.25) is 5.91 Å². The summed E-state index contributed by atoms with van der Waals surface area (Å²) < 4.78 is 39.8. The number of carbonyl (C=O) groups excluding carboxylic acids is 2. The van der Waals surface area contributed by atoms with E-state index >= 15 is 0 Å². The number of hydrogen-bond acceptors (Lipinski definition) is 11. The van der Waals surface area contributed by atoms with Gasteiger partial charge in [-0.2, -0.15) is 15.5 Å². The van der Waals surface area contributed by atoms with Gasteiger partial charge in [-0.25, -0.2) is 8.78 Å². The molecule has 1 aliphatic carbocycles. The third kappa shape index (κ3) is 9.22. The number of nitrogens with one attached hydrogen (secondary N) is 1. The molecule has 2 amide bonds. The Morgan fingerprint density at radius 2 is 1.72 bits per heavy atom. The molecular formula is C53H63ClF2N12O3. The van der Waals surface area contributed by atoms with Crippen LogP contribution in [0.2, 0.25) is 5.02 Å². The number of nitriles is 1. The Hall–Kier alpha value is -6.12. The molecule has 3 fully saturated rings. The summed E-state index contributed by atoms with van der Waals surface area (Å²) in [5.74, 6) is 2.43. The molecule has 10 rings (SSSR count). The van der Waals surface area contributed by atoms with Crippen molar-refractivity contribution in [3.8, 4) is 22.9 Å². The average Bonchev–Trinajstić information content (AvgIpc) is 3.98. The fourth-order valence-electron chi connectivity index (χ4n) is 12.5. The molecule has 1 N–H and O–H groups in total. The number of hydrogen-bond donors (Lipinski definition) is 1. The average molecular weight is 990 g/mol. The molecule has 15 nitrogen and oxygen atoms in total. The second-order valence-electron chi connectivity index (χ2n) is 21.5. The highest BCUT2D eigenvalue weighted by atomic mass is 35.5. The van der Waals surface area contributed by atoms with Gasteiger partial charge < -0.3 is 29.7 Å². The molecule has 0 atom stereocenters. The maximum atomic E-state index is 14.8. The molecule has 5 aliphatic rings. The van der Waals surface area contributed by atoms with E-state index in [-0.39, 0.29) is 41.3 Å². The van der Waals surface area contributed by atoms with Crippen LogP contribution >= 0.6 is 11.6 Å². The number of likely N-dealkylation sites (tertiary alicyclic amines) is 1. The van der Waals surface area contributed by atoms with Crippen molar-refractivity contribution in [2.45, 2.75) is 111 Å². The molecule has 7 heterocycles. The Kier molecular flexibility index (Phi) is 13.1. The molecule has 0 radical (unpaired) electrons. The van der Waals surface area contributed by atoms with Crippen molar-refractivity contribution < 1.29 is 23.1 Å². The van der Waals surface area contributed by atoms with Crippen molar-refractivity contribution in [1.82, 2.24) is 44.9 Å². The van der Waals surface area contributed by atoms with E-state index in [0.29, 0.717) is 59.4 Å². The zero-order chi connectivity index (χ0) is 49.9. The predicted molar refractivity (Wildman–Crippen MR) is 267 cm³/mol. The van der Waals surface area contributed by atoms with Gasteiger partial charge >= 0.3 is 0 Å². The summed E-state index contributed by atoms with van der Waals surface area (Å²) in [6.07, 6.45) is 6.86. The quantitative estimate of drug-likeness (QED) is 0.135. The molecule has 0 spiro atoms. The van der Waals surface area contributed by atoms with Crippen molar-refractivity contribution in [2.24, 2.45) is 23.8 Å². The van der Waals surface area contributed by atoms with Gasteiger partial charge in [0.1, 0.15) is 17.9 Å². The molecule has 2 saturated heterocycles. The van der Waals surface area contributed by atoms with Crippen LogP contribution < -0.4 is 19.9 Å². The van der Waals surface area contributed by atoms with Crippen LogP contribution in [0.15, 0.2) is 54.9 Å². The van der Waals surface area contributed by atoms with Gasteiger partial charge in [0.15, 0.2) is 17.3 Å². The SMILES string of the molecule is CC(=O)N1CCc2c(c(N3CCCc4cc(-c5cnn(C)c5)c(C(F)F)cc43)nn2C2CCN(CC3CCN(c4ccc(C(=O)NC5C(C)(C)C(Oc6ccc(C#N)c(Cl)c6)C5(C)C)nn4)CC3)CC2)C1. The second kappa shape index (κ2) is 19.1. The minimum absolute atomic E-state index is 0.0148. The number of amides is 2. The van der Waals surface area contributed by atoms with E-state index in [4.69, 9.17) is 21.4 Å². The van der Waals surface area contributed by atoms with E-state index in [0.717, 1.165) is 105 Å². The topological polar surface area (TPSA) is 154 Å². The van der Waals surface area contributed by atoms with E-state index in [1.165, 1.54) is 0 Å². The maximum Gasteiger partial charge on any atom is 0.272 e. The third-order valence-electron chi connectivity index (χ3n) is 16.1. The van der Waals surface area contributed by atoms with Crippen LogP contribution in [0.4, 0.5) is 26.1 Å². The van der Waals surface area contributed by atoms with E-state index in [1.807, 2.05) is 17.0 Å². The first kappa shape index (κ1) is 48.5. The van der Waals surface area contributed by atoms with Crippen molar-refractivity contribution in [2.75, 3.05) is 55.6 Å². The lowest BCUT2D eigenvalue weighted by atomic mass is 9.49. The Bertz CT molecular complexity index is 2840. The molecular weight excluding hydrogens is 926 g/mol. The van der Waals surface area contributed by atoms with Gasteiger partial charge in [-0.1, -0.05) is 39.3 Å². The number of aryl methyl sites for hydroxylation is 2. The largest absolute Gasteiger partial charge is 0.489 e. The molecule has 374 valence electrons. The van der Waals surface area contributed by atoms with Crippen LogP contribution in [0, 0.1) is 28.1 Å². The Morgan fingerprint density at radius 3 is 2.37 bits per heavy atom. The number of ether oxygens (including phenoxy) is 1. The van der Waals surface area contributed by atoms with Gasteiger partial charge in [-0.15, -0.1) is 10.2 Å².